The number of thioether (sulfide) groups is 1. The number of carbonyl (C=O) groups is 3. The highest BCUT2D eigenvalue weighted by atomic mass is 35.5. The fourth-order valence-corrected chi connectivity index (χ4v) is 9.39. The molecule has 0 saturated carbocycles. The Bertz CT molecular complexity index is 1750. The summed E-state index contributed by atoms with van der Waals surface area (Å²) in [6, 6.07) is 13.7. The number of alkyl carbamates (subject to hydrolysis) is 1. The third kappa shape index (κ3) is 7.22. The largest absolute Gasteiger partial charge is 0.444 e. The van der Waals surface area contributed by atoms with Gasteiger partial charge in [-0.05, 0) is 101 Å². The molecule has 4 heterocycles. The van der Waals surface area contributed by atoms with Gasteiger partial charge < -0.3 is 24.8 Å². The minimum absolute atomic E-state index is 0.0536. The lowest BCUT2D eigenvalue weighted by Crippen LogP contribution is -2.50. The first kappa shape index (κ1) is 37.5. The van der Waals surface area contributed by atoms with Gasteiger partial charge in [-0.3, -0.25) is 14.0 Å². The van der Waals surface area contributed by atoms with E-state index >= 15 is 0 Å². The van der Waals surface area contributed by atoms with E-state index in [0.717, 1.165) is 22.0 Å². The molecule has 4 aliphatic heterocycles. The highest BCUT2D eigenvalue weighted by Crippen LogP contribution is 2.56. The van der Waals surface area contributed by atoms with Crippen LogP contribution in [0.3, 0.4) is 0 Å². The van der Waals surface area contributed by atoms with E-state index in [1.165, 1.54) is 11.8 Å². The normalized spacial score (nSPS) is 27.7. The SMILES string of the molecule is CC(C)C1=C(C(=O)N2[C@H](C)CC[C@H]2C(=O)N2C[C@@H](CF)[C@H](NC(=O)OC(C)(C)C)C2)SC2=N[C@@](C)(c3ccc(Cl)cc3)[C@@H](c3ccc(Cl)cc3)N21. The van der Waals surface area contributed by atoms with E-state index in [1.807, 2.05) is 55.5 Å². The van der Waals surface area contributed by atoms with Crippen LogP contribution in [0.5, 0.6) is 0 Å². The summed E-state index contributed by atoms with van der Waals surface area (Å²) in [5.74, 6) is -1.07. The monoisotopic (exact) mass is 757 g/mol. The van der Waals surface area contributed by atoms with Crippen LogP contribution in [-0.2, 0) is 19.9 Å². The van der Waals surface area contributed by atoms with E-state index in [-0.39, 0.29) is 42.9 Å². The fraction of sp³-hybridized carbons (Fsp3) is 0.526. The maximum Gasteiger partial charge on any atom is 0.407 e. The lowest BCUT2D eigenvalue weighted by atomic mass is 9.81. The third-order valence-corrected chi connectivity index (χ3v) is 11.8. The maximum atomic E-state index is 14.8. The molecule has 3 amide bonds. The summed E-state index contributed by atoms with van der Waals surface area (Å²) < 4.78 is 19.6. The van der Waals surface area contributed by atoms with Crippen molar-refractivity contribution in [2.45, 2.75) is 96.6 Å². The van der Waals surface area contributed by atoms with Gasteiger partial charge in [0.15, 0.2) is 5.17 Å². The number of amidine groups is 1. The van der Waals surface area contributed by atoms with Gasteiger partial charge in [0.25, 0.3) is 5.91 Å². The Morgan fingerprint density at radius 1 is 1.04 bits per heavy atom. The zero-order chi connectivity index (χ0) is 37.0. The Morgan fingerprint density at radius 3 is 2.25 bits per heavy atom. The number of hydrogen-bond acceptors (Lipinski definition) is 7. The summed E-state index contributed by atoms with van der Waals surface area (Å²) in [4.78, 5) is 52.9. The molecule has 0 aromatic heterocycles. The van der Waals surface area contributed by atoms with Gasteiger partial charge >= 0.3 is 6.09 Å². The van der Waals surface area contributed by atoms with E-state index in [4.69, 9.17) is 32.9 Å². The molecular formula is C38H46Cl2FN5O4S. The maximum absolute atomic E-state index is 14.8. The molecule has 2 fully saturated rings. The number of nitrogens with zero attached hydrogens (tertiary/aromatic N) is 4. The van der Waals surface area contributed by atoms with Gasteiger partial charge in [-0.15, -0.1) is 0 Å². The number of ether oxygens (including phenoxy) is 1. The molecule has 2 aromatic carbocycles. The van der Waals surface area contributed by atoms with Crippen molar-refractivity contribution in [3.8, 4) is 0 Å². The van der Waals surface area contributed by atoms with Crippen LogP contribution in [0, 0.1) is 11.8 Å². The second-order valence-corrected chi connectivity index (χ2v) is 17.3. The number of carbonyl (C=O) groups excluding carboxylic acids is 3. The van der Waals surface area contributed by atoms with Crippen molar-refractivity contribution in [2.24, 2.45) is 16.8 Å². The topological polar surface area (TPSA) is 94.5 Å². The summed E-state index contributed by atoms with van der Waals surface area (Å²) in [5.41, 5.74) is 1.42. The number of alkyl halides is 1. The average Bonchev–Trinajstić information content (AvgIpc) is 3.81. The molecule has 2 saturated heterocycles. The van der Waals surface area contributed by atoms with Crippen molar-refractivity contribution in [1.29, 1.82) is 0 Å². The van der Waals surface area contributed by atoms with Crippen LogP contribution < -0.4 is 5.32 Å². The van der Waals surface area contributed by atoms with Crippen LogP contribution in [0.25, 0.3) is 0 Å². The molecule has 6 rings (SSSR count). The first-order chi connectivity index (χ1) is 24.0. The highest BCUT2D eigenvalue weighted by molar-refractivity contribution is 8.18. The number of halogens is 3. The van der Waals surface area contributed by atoms with Crippen molar-refractivity contribution in [1.82, 2.24) is 20.0 Å². The van der Waals surface area contributed by atoms with Gasteiger partial charge in [-0.25, -0.2) is 9.79 Å². The number of fused-ring (bicyclic) bond motifs is 1. The molecular weight excluding hydrogens is 712 g/mol. The predicted molar refractivity (Wildman–Crippen MR) is 200 cm³/mol. The first-order valence-corrected chi connectivity index (χ1v) is 19.1. The van der Waals surface area contributed by atoms with Crippen LogP contribution in [0.2, 0.25) is 10.0 Å². The molecule has 4 aliphatic rings. The molecule has 1 N–H and O–H groups in total. The number of likely N-dealkylation sites (tertiary alicyclic amines) is 2. The summed E-state index contributed by atoms with van der Waals surface area (Å²) in [7, 11) is 0. The lowest BCUT2D eigenvalue weighted by molar-refractivity contribution is -0.142. The number of hydrogen-bond donors (Lipinski definition) is 1. The van der Waals surface area contributed by atoms with Gasteiger partial charge in [0.2, 0.25) is 5.91 Å². The second-order valence-electron chi connectivity index (χ2n) is 15.4. The van der Waals surface area contributed by atoms with Crippen LogP contribution in [0.4, 0.5) is 9.18 Å². The van der Waals surface area contributed by atoms with Crippen LogP contribution in [0.1, 0.15) is 78.5 Å². The van der Waals surface area contributed by atoms with Gasteiger partial charge in [-0.2, -0.15) is 0 Å². The molecule has 13 heteroatoms. The summed E-state index contributed by atoms with van der Waals surface area (Å²) in [6.45, 7) is 13.1. The zero-order valence-electron chi connectivity index (χ0n) is 30.1. The smallest absolute Gasteiger partial charge is 0.407 e. The van der Waals surface area contributed by atoms with Crippen LogP contribution in [0.15, 0.2) is 64.1 Å². The third-order valence-electron chi connectivity index (χ3n) is 10.2. The van der Waals surface area contributed by atoms with Crippen molar-refractivity contribution in [3.05, 3.63) is 80.3 Å². The quantitative estimate of drug-likeness (QED) is 0.308. The molecule has 0 aliphatic carbocycles. The Morgan fingerprint density at radius 2 is 1.67 bits per heavy atom. The highest BCUT2D eigenvalue weighted by Gasteiger charge is 2.54. The van der Waals surface area contributed by atoms with Gasteiger partial charge in [0.05, 0.1) is 18.8 Å². The number of benzene rings is 2. The zero-order valence-corrected chi connectivity index (χ0v) is 32.4. The van der Waals surface area contributed by atoms with Crippen molar-refractivity contribution in [3.63, 3.8) is 0 Å². The molecule has 9 nitrogen and oxygen atoms in total. The van der Waals surface area contributed by atoms with Gasteiger partial charge in [-0.1, -0.05) is 61.3 Å². The lowest BCUT2D eigenvalue weighted by Gasteiger charge is -2.37. The van der Waals surface area contributed by atoms with E-state index in [0.29, 0.717) is 27.8 Å². The van der Waals surface area contributed by atoms with Crippen molar-refractivity contribution >= 4 is 58.0 Å². The Hall–Kier alpha value is -3.28. The van der Waals surface area contributed by atoms with E-state index < -0.39 is 41.9 Å². The molecule has 274 valence electrons. The predicted octanol–water partition coefficient (Wildman–Crippen LogP) is 7.94. The van der Waals surface area contributed by atoms with Crippen molar-refractivity contribution in [2.75, 3.05) is 19.8 Å². The Balaban J connectivity index is 1.30. The standard InChI is InChI=1S/C38H46Cl2FN5O4S/c1-21(2)30-31(51-35-43-38(7,25-11-15-27(40)16-12-25)32(46(30)35)23-9-13-26(39)14-10-23)34(48)45-22(3)8-17-29(45)33(47)44-19-24(18-41)28(20-44)42-36(49)50-37(4,5)6/h9-16,21-22,24,28-29,32H,8,17-20H2,1-7H3,(H,42,49)/t22-,24-,28-,29+,32-,38+/m1/s1. The summed E-state index contributed by atoms with van der Waals surface area (Å²) in [6.07, 6.45) is 0.503. The molecule has 0 spiro atoms. The minimum Gasteiger partial charge on any atom is -0.444 e. The van der Waals surface area contributed by atoms with Crippen LogP contribution >= 0.6 is 35.0 Å². The Kier molecular flexibility index (Phi) is 10.5. The molecule has 2 aromatic rings. The minimum atomic E-state index is -0.712. The van der Waals surface area contributed by atoms with E-state index in [9.17, 15) is 18.8 Å². The molecule has 51 heavy (non-hydrogen) atoms. The number of aliphatic imine (C=N–C) groups is 1. The van der Waals surface area contributed by atoms with E-state index in [1.54, 1.807) is 30.6 Å². The summed E-state index contributed by atoms with van der Waals surface area (Å²) in [5, 5.41) is 4.74. The van der Waals surface area contributed by atoms with Gasteiger partial charge in [0.1, 0.15) is 22.1 Å². The van der Waals surface area contributed by atoms with Gasteiger partial charge in [0, 0.05) is 40.8 Å². The van der Waals surface area contributed by atoms with Crippen molar-refractivity contribution < 1.29 is 23.5 Å². The van der Waals surface area contributed by atoms with Crippen LogP contribution in [-0.4, -0.2) is 81.3 Å². The number of allylic oxidation sites excluding steroid dienone is 1. The summed E-state index contributed by atoms with van der Waals surface area (Å²) >= 11 is 14.0. The fourth-order valence-electron chi connectivity index (χ4n) is 7.79. The number of amides is 3. The molecule has 0 unspecified atom stereocenters. The number of rotatable bonds is 7. The molecule has 6 atom stereocenters. The Labute approximate surface area is 313 Å². The van der Waals surface area contributed by atoms with E-state index in [2.05, 4.69) is 31.0 Å². The molecule has 0 bridgehead atoms. The first-order valence-electron chi connectivity index (χ1n) is 17.5. The molecule has 0 radical (unpaired) electrons. The second kappa shape index (κ2) is 14.3. The average molecular weight is 759 g/mol. The number of nitrogens with one attached hydrogen (secondary N) is 1.